The summed E-state index contributed by atoms with van der Waals surface area (Å²) in [6.45, 7) is 2.09. The van der Waals surface area contributed by atoms with E-state index in [1.165, 1.54) is 0 Å². The molecule has 2 rings (SSSR count). The number of ether oxygens (including phenoxy) is 1. The Labute approximate surface area is 93.7 Å². The van der Waals surface area contributed by atoms with Crippen molar-refractivity contribution < 1.29 is 9.15 Å². The third-order valence-corrected chi connectivity index (χ3v) is 2.56. The molecule has 16 heavy (non-hydrogen) atoms. The lowest BCUT2D eigenvalue weighted by Gasteiger charge is -2.05. The second-order valence-corrected chi connectivity index (χ2v) is 3.70. The van der Waals surface area contributed by atoms with Crippen LogP contribution in [0.4, 0.5) is 0 Å². The van der Waals surface area contributed by atoms with Crippen molar-refractivity contribution in [3.63, 3.8) is 0 Å². The first-order valence-electron chi connectivity index (χ1n) is 5.35. The van der Waals surface area contributed by atoms with Gasteiger partial charge < -0.3 is 9.15 Å². The molecule has 0 bridgehead atoms. The van der Waals surface area contributed by atoms with Crippen molar-refractivity contribution in [1.29, 1.82) is 0 Å². The van der Waals surface area contributed by atoms with Crippen LogP contribution in [0.2, 0.25) is 0 Å². The first-order valence-corrected chi connectivity index (χ1v) is 5.35. The SMILES string of the molecule is CCCc1cc(=O)oc2cc(OC)ccc12. The predicted molar refractivity (Wildman–Crippen MR) is 63.0 cm³/mol. The minimum absolute atomic E-state index is 0.302. The van der Waals surface area contributed by atoms with E-state index in [-0.39, 0.29) is 5.63 Å². The lowest BCUT2D eigenvalue weighted by Crippen LogP contribution is -2.00. The summed E-state index contributed by atoms with van der Waals surface area (Å²) in [4.78, 5) is 11.4. The molecule has 0 atom stereocenters. The molecule has 0 amide bonds. The maximum absolute atomic E-state index is 11.4. The van der Waals surface area contributed by atoms with E-state index in [0.29, 0.717) is 11.3 Å². The van der Waals surface area contributed by atoms with E-state index in [9.17, 15) is 4.79 Å². The van der Waals surface area contributed by atoms with E-state index in [2.05, 4.69) is 6.92 Å². The zero-order valence-corrected chi connectivity index (χ0v) is 9.45. The Morgan fingerprint density at radius 1 is 1.31 bits per heavy atom. The van der Waals surface area contributed by atoms with Crippen LogP contribution in [0.15, 0.2) is 33.5 Å². The zero-order chi connectivity index (χ0) is 11.5. The van der Waals surface area contributed by atoms with Crippen LogP contribution < -0.4 is 10.4 Å². The summed E-state index contributed by atoms with van der Waals surface area (Å²) in [5, 5.41) is 0.988. The van der Waals surface area contributed by atoms with Gasteiger partial charge >= 0.3 is 5.63 Å². The van der Waals surface area contributed by atoms with Crippen molar-refractivity contribution in [1.82, 2.24) is 0 Å². The van der Waals surface area contributed by atoms with Crippen LogP contribution in [0.3, 0.4) is 0 Å². The Hall–Kier alpha value is -1.77. The Morgan fingerprint density at radius 2 is 2.12 bits per heavy atom. The van der Waals surface area contributed by atoms with E-state index < -0.39 is 0 Å². The molecular weight excluding hydrogens is 204 g/mol. The first kappa shape index (κ1) is 10.7. The third-order valence-electron chi connectivity index (χ3n) is 2.56. The minimum Gasteiger partial charge on any atom is -0.497 e. The van der Waals surface area contributed by atoms with E-state index in [1.54, 1.807) is 19.2 Å². The van der Waals surface area contributed by atoms with Crippen LogP contribution in [-0.2, 0) is 6.42 Å². The molecule has 0 radical (unpaired) electrons. The van der Waals surface area contributed by atoms with Gasteiger partial charge in [-0.15, -0.1) is 0 Å². The number of hydrogen-bond donors (Lipinski definition) is 0. The van der Waals surface area contributed by atoms with Crippen molar-refractivity contribution >= 4 is 11.0 Å². The van der Waals surface area contributed by atoms with Gasteiger partial charge in [0.1, 0.15) is 11.3 Å². The molecule has 1 aromatic heterocycles. The highest BCUT2D eigenvalue weighted by atomic mass is 16.5. The lowest BCUT2D eigenvalue weighted by molar-refractivity contribution is 0.414. The van der Waals surface area contributed by atoms with Crippen molar-refractivity contribution in [2.24, 2.45) is 0 Å². The summed E-state index contributed by atoms with van der Waals surface area (Å²) in [5.74, 6) is 0.698. The summed E-state index contributed by atoms with van der Waals surface area (Å²) >= 11 is 0. The largest absolute Gasteiger partial charge is 0.497 e. The topological polar surface area (TPSA) is 39.4 Å². The third kappa shape index (κ3) is 1.94. The second kappa shape index (κ2) is 4.39. The Bertz CT molecular complexity index is 555. The van der Waals surface area contributed by atoms with Crippen LogP contribution in [0.25, 0.3) is 11.0 Å². The van der Waals surface area contributed by atoms with Crippen LogP contribution in [0.1, 0.15) is 18.9 Å². The summed E-state index contributed by atoms with van der Waals surface area (Å²) in [6, 6.07) is 7.12. The van der Waals surface area contributed by atoms with Gasteiger partial charge in [-0.2, -0.15) is 0 Å². The number of aryl methyl sites for hydroxylation is 1. The van der Waals surface area contributed by atoms with Crippen molar-refractivity contribution in [3.05, 3.63) is 40.2 Å². The molecule has 0 spiro atoms. The van der Waals surface area contributed by atoms with Crippen LogP contribution in [0.5, 0.6) is 5.75 Å². The summed E-state index contributed by atoms with van der Waals surface area (Å²) in [7, 11) is 1.59. The molecule has 0 aliphatic carbocycles. The number of rotatable bonds is 3. The molecule has 0 saturated carbocycles. The highest BCUT2D eigenvalue weighted by Gasteiger charge is 2.05. The van der Waals surface area contributed by atoms with Gasteiger partial charge in [-0.05, 0) is 24.1 Å². The van der Waals surface area contributed by atoms with Gasteiger partial charge in [-0.25, -0.2) is 4.79 Å². The van der Waals surface area contributed by atoms with E-state index >= 15 is 0 Å². The summed E-state index contributed by atoms with van der Waals surface area (Å²) < 4.78 is 10.3. The molecule has 2 aromatic rings. The molecule has 0 saturated heterocycles. The Morgan fingerprint density at radius 3 is 2.81 bits per heavy atom. The Balaban J connectivity index is 2.68. The fourth-order valence-electron chi connectivity index (χ4n) is 1.81. The molecule has 84 valence electrons. The van der Waals surface area contributed by atoms with Crippen molar-refractivity contribution in [3.8, 4) is 5.75 Å². The van der Waals surface area contributed by atoms with Gasteiger partial charge in [0.2, 0.25) is 0 Å². The van der Waals surface area contributed by atoms with Crippen molar-refractivity contribution in [2.45, 2.75) is 19.8 Å². The molecule has 3 heteroatoms. The number of benzene rings is 1. The summed E-state index contributed by atoms with van der Waals surface area (Å²) in [6.07, 6.45) is 1.89. The van der Waals surface area contributed by atoms with Gasteiger partial charge in [0.25, 0.3) is 0 Å². The van der Waals surface area contributed by atoms with Gasteiger partial charge in [0, 0.05) is 17.5 Å². The molecule has 0 N–H and O–H groups in total. The Kier molecular flexibility index (Phi) is 2.95. The molecule has 0 aliphatic heterocycles. The van der Waals surface area contributed by atoms with Crippen molar-refractivity contribution in [2.75, 3.05) is 7.11 Å². The number of fused-ring (bicyclic) bond motifs is 1. The maximum atomic E-state index is 11.4. The fraction of sp³-hybridized carbons (Fsp3) is 0.308. The molecule has 0 unspecified atom stereocenters. The monoisotopic (exact) mass is 218 g/mol. The second-order valence-electron chi connectivity index (χ2n) is 3.70. The smallest absolute Gasteiger partial charge is 0.336 e. The number of methoxy groups -OCH3 is 1. The molecule has 1 aromatic carbocycles. The average molecular weight is 218 g/mol. The van der Waals surface area contributed by atoms with Gasteiger partial charge in [-0.1, -0.05) is 13.3 Å². The maximum Gasteiger partial charge on any atom is 0.336 e. The summed E-state index contributed by atoms with van der Waals surface area (Å²) in [5.41, 5.74) is 1.33. The molecule has 3 nitrogen and oxygen atoms in total. The normalized spacial score (nSPS) is 10.6. The van der Waals surface area contributed by atoms with Gasteiger partial charge in [0.05, 0.1) is 7.11 Å². The van der Waals surface area contributed by atoms with Gasteiger partial charge in [-0.3, -0.25) is 0 Å². The average Bonchev–Trinajstić information content (AvgIpc) is 2.28. The highest BCUT2D eigenvalue weighted by molar-refractivity contribution is 5.81. The van der Waals surface area contributed by atoms with E-state index in [0.717, 1.165) is 23.8 Å². The number of hydrogen-bond acceptors (Lipinski definition) is 3. The standard InChI is InChI=1S/C13H14O3/c1-3-4-9-7-13(14)16-12-8-10(15-2)5-6-11(9)12/h5-8H,3-4H2,1-2H3. The zero-order valence-electron chi connectivity index (χ0n) is 9.45. The van der Waals surface area contributed by atoms with Gasteiger partial charge in [0.15, 0.2) is 0 Å². The minimum atomic E-state index is -0.302. The molecule has 0 aliphatic rings. The molecule has 0 fully saturated rings. The van der Waals surface area contributed by atoms with Crippen LogP contribution in [0, 0.1) is 0 Å². The fourth-order valence-corrected chi connectivity index (χ4v) is 1.81. The highest BCUT2D eigenvalue weighted by Crippen LogP contribution is 2.23. The van der Waals surface area contributed by atoms with E-state index in [1.807, 2.05) is 12.1 Å². The molecular formula is C13H14O3. The predicted octanol–water partition coefficient (Wildman–Crippen LogP) is 2.75. The molecule has 1 heterocycles. The van der Waals surface area contributed by atoms with Crippen LogP contribution in [-0.4, -0.2) is 7.11 Å². The van der Waals surface area contributed by atoms with Crippen LogP contribution >= 0.6 is 0 Å². The first-order chi connectivity index (χ1) is 7.74. The van der Waals surface area contributed by atoms with E-state index in [4.69, 9.17) is 9.15 Å². The quantitative estimate of drug-likeness (QED) is 0.743. The lowest BCUT2D eigenvalue weighted by atomic mass is 10.1.